The van der Waals surface area contributed by atoms with Crippen LogP contribution in [-0.4, -0.2) is 25.6 Å². The van der Waals surface area contributed by atoms with Crippen LogP contribution in [0.4, 0.5) is 10.1 Å². The molecule has 9 heteroatoms. The smallest absolute Gasteiger partial charge is 0.257 e. The Morgan fingerprint density at radius 1 is 1.07 bits per heavy atom. The number of pyridine rings is 1. The predicted octanol–water partition coefficient (Wildman–Crippen LogP) is 4.85. The van der Waals surface area contributed by atoms with Gasteiger partial charge < -0.3 is 5.32 Å². The van der Waals surface area contributed by atoms with E-state index < -0.39 is 21.6 Å². The number of hydrogen-bond donors (Lipinski definition) is 1. The Labute approximate surface area is 171 Å². The molecule has 3 rings (SSSR count). The van der Waals surface area contributed by atoms with E-state index in [9.17, 15) is 17.6 Å². The van der Waals surface area contributed by atoms with Crippen molar-refractivity contribution in [3.8, 4) is 11.3 Å². The highest BCUT2D eigenvalue weighted by Crippen LogP contribution is 2.31. The number of hydrogen-bond acceptors (Lipinski definition) is 4. The molecule has 0 atom stereocenters. The van der Waals surface area contributed by atoms with Gasteiger partial charge in [-0.05, 0) is 48.5 Å². The minimum absolute atomic E-state index is 0.00783. The second-order valence-electron chi connectivity index (χ2n) is 5.90. The SMILES string of the molecule is CS(=O)(=O)c1ccc(C(=O)Nc2ccc(Cl)c(-c3ncccc3F)c2)c(Cl)c1. The maximum Gasteiger partial charge on any atom is 0.257 e. The van der Waals surface area contributed by atoms with Crippen LogP contribution in [0.5, 0.6) is 0 Å². The summed E-state index contributed by atoms with van der Waals surface area (Å²) < 4.78 is 37.2. The van der Waals surface area contributed by atoms with E-state index in [0.29, 0.717) is 11.3 Å². The van der Waals surface area contributed by atoms with E-state index in [1.807, 2.05) is 0 Å². The highest BCUT2D eigenvalue weighted by molar-refractivity contribution is 7.90. The van der Waals surface area contributed by atoms with Gasteiger partial charge in [0.2, 0.25) is 0 Å². The van der Waals surface area contributed by atoms with Crippen molar-refractivity contribution in [1.29, 1.82) is 0 Å². The van der Waals surface area contributed by atoms with Crippen molar-refractivity contribution in [3.05, 3.63) is 76.2 Å². The van der Waals surface area contributed by atoms with Gasteiger partial charge in [0.05, 0.1) is 20.5 Å². The third kappa shape index (κ3) is 4.32. The van der Waals surface area contributed by atoms with Crippen LogP contribution in [0.15, 0.2) is 59.6 Å². The quantitative estimate of drug-likeness (QED) is 0.631. The molecule has 5 nitrogen and oxygen atoms in total. The average molecular weight is 439 g/mol. The van der Waals surface area contributed by atoms with Crippen LogP contribution in [0.25, 0.3) is 11.3 Å². The Balaban J connectivity index is 1.92. The lowest BCUT2D eigenvalue weighted by Gasteiger charge is -2.11. The van der Waals surface area contributed by atoms with Crippen molar-refractivity contribution in [2.75, 3.05) is 11.6 Å². The summed E-state index contributed by atoms with van der Waals surface area (Å²) >= 11 is 12.2. The number of anilines is 1. The van der Waals surface area contributed by atoms with Gasteiger partial charge in [-0.15, -0.1) is 0 Å². The molecule has 28 heavy (non-hydrogen) atoms. The molecule has 0 spiro atoms. The molecule has 0 aliphatic carbocycles. The molecule has 2 aromatic carbocycles. The number of sulfone groups is 1. The Morgan fingerprint density at radius 2 is 1.82 bits per heavy atom. The van der Waals surface area contributed by atoms with E-state index >= 15 is 0 Å². The normalized spacial score (nSPS) is 11.3. The van der Waals surface area contributed by atoms with Gasteiger partial charge in [-0.25, -0.2) is 12.8 Å². The van der Waals surface area contributed by atoms with Gasteiger partial charge in [0.25, 0.3) is 5.91 Å². The van der Waals surface area contributed by atoms with Gasteiger partial charge in [-0.1, -0.05) is 23.2 Å². The zero-order chi connectivity index (χ0) is 20.5. The van der Waals surface area contributed by atoms with Gasteiger partial charge >= 0.3 is 0 Å². The van der Waals surface area contributed by atoms with E-state index in [-0.39, 0.29) is 26.2 Å². The summed E-state index contributed by atoms with van der Waals surface area (Å²) in [6.07, 6.45) is 2.48. The number of amides is 1. The largest absolute Gasteiger partial charge is 0.322 e. The number of nitrogens with one attached hydrogen (secondary N) is 1. The van der Waals surface area contributed by atoms with Crippen LogP contribution >= 0.6 is 23.2 Å². The van der Waals surface area contributed by atoms with Gasteiger partial charge in [0, 0.05) is 23.7 Å². The van der Waals surface area contributed by atoms with Gasteiger partial charge in [0.15, 0.2) is 9.84 Å². The first-order chi connectivity index (χ1) is 13.2. The lowest BCUT2D eigenvalue weighted by molar-refractivity contribution is 0.102. The lowest BCUT2D eigenvalue weighted by atomic mass is 10.1. The minimum atomic E-state index is -3.45. The van der Waals surface area contributed by atoms with Crippen LogP contribution in [0.1, 0.15) is 10.4 Å². The number of rotatable bonds is 4. The molecule has 0 aliphatic heterocycles. The second kappa shape index (κ2) is 7.87. The predicted molar refractivity (Wildman–Crippen MR) is 107 cm³/mol. The monoisotopic (exact) mass is 438 g/mol. The van der Waals surface area contributed by atoms with Crippen molar-refractivity contribution >= 4 is 44.6 Å². The second-order valence-corrected chi connectivity index (χ2v) is 8.73. The third-order valence-corrected chi connectivity index (χ3v) is 5.60. The fourth-order valence-corrected chi connectivity index (χ4v) is 3.66. The van der Waals surface area contributed by atoms with Crippen LogP contribution in [0.2, 0.25) is 10.0 Å². The number of nitrogens with zero attached hydrogens (tertiary/aromatic N) is 1. The summed E-state index contributed by atoms with van der Waals surface area (Å²) in [5.41, 5.74) is 0.808. The first kappa shape index (κ1) is 20.3. The highest BCUT2D eigenvalue weighted by atomic mass is 35.5. The Kier molecular flexibility index (Phi) is 5.69. The first-order valence-corrected chi connectivity index (χ1v) is 10.5. The molecule has 0 fully saturated rings. The number of carbonyl (C=O) groups is 1. The van der Waals surface area contributed by atoms with E-state index in [1.54, 1.807) is 6.07 Å². The van der Waals surface area contributed by atoms with E-state index in [2.05, 4.69) is 10.3 Å². The molecule has 0 saturated heterocycles. The summed E-state index contributed by atoms with van der Waals surface area (Å²) in [4.78, 5) is 16.5. The average Bonchev–Trinajstić information content (AvgIpc) is 2.63. The lowest BCUT2D eigenvalue weighted by Crippen LogP contribution is -2.13. The molecule has 1 aromatic heterocycles. The van der Waals surface area contributed by atoms with Crippen LogP contribution in [-0.2, 0) is 9.84 Å². The number of halogens is 3. The summed E-state index contributed by atoms with van der Waals surface area (Å²) in [5, 5.41) is 2.89. The molecular formula is C19H13Cl2FN2O3S. The van der Waals surface area contributed by atoms with Gasteiger partial charge in [-0.2, -0.15) is 0 Å². The van der Waals surface area contributed by atoms with Crippen molar-refractivity contribution in [2.24, 2.45) is 0 Å². The first-order valence-electron chi connectivity index (χ1n) is 7.88. The van der Waals surface area contributed by atoms with E-state index in [4.69, 9.17) is 23.2 Å². The van der Waals surface area contributed by atoms with E-state index in [0.717, 1.165) is 6.26 Å². The molecule has 0 bridgehead atoms. The minimum Gasteiger partial charge on any atom is -0.322 e. The summed E-state index contributed by atoms with van der Waals surface area (Å²) in [6, 6.07) is 11.1. The Morgan fingerprint density at radius 3 is 2.46 bits per heavy atom. The topological polar surface area (TPSA) is 76.1 Å². The summed E-state index contributed by atoms with van der Waals surface area (Å²) in [5.74, 6) is -1.10. The van der Waals surface area contributed by atoms with Crippen LogP contribution < -0.4 is 5.32 Å². The number of aromatic nitrogens is 1. The molecule has 0 unspecified atom stereocenters. The molecule has 1 N–H and O–H groups in total. The van der Waals surface area contributed by atoms with Crippen molar-refractivity contribution < 1.29 is 17.6 Å². The molecule has 1 amide bonds. The van der Waals surface area contributed by atoms with E-state index in [1.165, 1.54) is 48.7 Å². The molecule has 0 aliphatic rings. The van der Waals surface area contributed by atoms with Crippen LogP contribution in [0.3, 0.4) is 0 Å². The Hall–Kier alpha value is -2.48. The molecular weight excluding hydrogens is 426 g/mol. The van der Waals surface area contributed by atoms with Gasteiger partial charge in [0.1, 0.15) is 11.5 Å². The highest BCUT2D eigenvalue weighted by Gasteiger charge is 2.16. The molecule has 3 aromatic rings. The number of carbonyl (C=O) groups excluding carboxylic acids is 1. The fraction of sp³-hybridized carbons (Fsp3) is 0.0526. The third-order valence-electron chi connectivity index (χ3n) is 3.85. The molecule has 0 saturated carbocycles. The van der Waals surface area contributed by atoms with Crippen LogP contribution in [0, 0.1) is 5.82 Å². The Bertz CT molecular complexity index is 1180. The van der Waals surface area contributed by atoms with Gasteiger partial charge in [-0.3, -0.25) is 9.78 Å². The fourth-order valence-electron chi connectivity index (χ4n) is 2.48. The summed E-state index contributed by atoms with van der Waals surface area (Å²) in [6.45, 7) is 0. The standard InChI is InChI=1S/C19H13Cl2FN2O3S/c1-28(26,27)12-5-6-13(16(21)10-12)19(25)24-11-4-7-15(20)14(9-11)18-17(22)3-2-8-23-18/h2-10H,1H3,(H,24,25). The number of benzene rings is 2. The maximum atomic E-state index is 14.0. The zero-order valence-corrected chi connectivity index (χ0v) is 16.7. The summed E-state index contributed by atoms with van der Waals surface area (Å²) in [7, 11) is -3.45. The molecule has 144 valence electrons. The van der Waals surface area contributed by atoms with Crippen molar-refractivity contribution in [1.82, 2.24) is 4.98 Å². The maximum absolute atomic E-state index is 14.0. The molecule has 0 radical (unpaired) electrons. The molecule has 1 heterocycles. The van der Waals surface area contributed by atoms with Crippen molar-refractivity contribution in [2.45, 2.75) is 4.90 Å². The zero-order valence-electron chi connectivity index (χ0n) is 14.4. The van der Waals surface area contributed by atoms with Crippen molar-refractivity contribution in [3.63, 3.8) is 0 Å².